The minimum absolute atomic E-state index is 0.00249. The third-order valence-electron chi connectivity index (χ3n) is 3.26. The molecule has 0 aliphatic carbocycles. The summed E-state index contributed by atoms with van der Waals surface area (Å²) in [6, 6.07) is 0.836. The van der Waals surface area contributed by atoms with Gasteiger partial charge in [0.05, 0.1) is 5.25 Å². The first kappa shape index (κ1) is 15.9. The fourth-order valence-electron chi connectivity index (χ4n) is 2.18. The van der Waals surface area contributed by atoms with Crippen molar-refractivity contribution in [1.82, 2.24) is 9.97 Å². The molecule has 0 N–H and O–H groups in total. The predicted octanol–water partition coefficient (Wildman–Crippen LogP) is 2.07. The molecule has 0 amide bonds. The van der Waals surface area contributed by atoms with Crippen molar-refractivity contribution in [2.45, 2.75) is 31.2 Å². The van der Waals surface area contributed by atoms with Crippen molar-refractivity contribution in [1.29, 1.82) is 0 Å². The molecule has 1 aromatic rings. The molecule has 5 nitrogen and oxygen atoms in total. The molecule has 1 aliphatic heterocycles. The van der Waals surface area contributed by atoms with E-state index in [4.69, 9.17) is 0 Å². The third kappa shape index (κ3) is 3.80. The summed E-state index contributed by atoms with van der Waals surface area (Å²) in [5, 5.41) is -1.11. The number of hydrogen-bond donors (Lipinski definition) is 0. The van der Waals surface area contributed by atoms with Crippen LogP contribution >= 0.6 is 0 Å². The van der Waals surface area contributed by atoms with E-state index in [1.165, 1.54) is 11.8 Å². The van der Waals surface area contributed by atoms with Crippen LogP contribution in [0.5, 0.6) is 0 Å². The summed E-state index contributed by atoms with van der Waals surface area (Å²) in [7, 11) is -4.62. The first-order valence-corrected chi connectivity index (χ1v) is 7.63. The lowest BCUT2D eigenvalue weighted by molar-refractivity contribution is -0.141. The first-order valence-electron chi connectivity index (χ1n) is 6.18. The summed E-state index contributed by atoms with van der Waals surface area (Å²) in [6.45, 7) is 1.60. The Morgan fingerprint density at radius 2 is 1.81 bits per heavy atom. The highest BCUT2D eigenvalue weighted by molar-refractivity contribution is 7.87. The smallest absolute Gasteiger partial charge is 0.341 e. The van der Waals surface area contributed by atoms with Gasteiger partial charge in [-0.3, -0.25) is 0 Å². The molecule has 2 heterocycles. The Kier molecular flexibility index (Phi) is 4.09. The van der Waals surface area contributed by atoms with E-state index in [2.05, 4.69) is 9.97 Å². The second-order valence-electron chi connectivity index (χ2n) is 4.85. The lowest BCUT2D eigenvalue weighted by Gasteiger charge is -2.30. The van der Waals surface area contributed by atoms with E-state index in [0.29, 0.717) is 0 Å². The van der Waals surface area contributed by atoms with Gasteiger partial charge >= 0.3 is 16.4 Å². The molecule has 2 rings (SSSR count). The fourth-order valence-corrected chi connectivity index (χ4v) is 2.95. The summed E-state index contributed by atoms with van der Waals surface area (Å²) < 4.78 is 72.6. The van der Waals surface area contributed by atoms with Gasteiger partial charge < -0.3 is 4.90 Å². The number of hydrogen-bond acceptors (Lipinski definition) is 5. The SMILES string of the molecule is Cc1cc(C(F)(F)F)nc(N2CCC(S(=O)(=O)F)CC2)n1. The van der Waals surface area contributed by atoms with Gasteiger partial charge in [-0.2, -0.15) is 21.6 Å². The Labute approximate surface area is 119 Å². The maximum absolute atomic E-state index is 12.9. The van der Waals surface area contributed by atoms with Crippen LogP contribution in [0.3, 0.4) is 0 Å². The molecule has 21 heavy (non-hydrogen) atoms. The molecular weight excluding hydrogens is 314 g/mol. The van der Waals surface area contributed by atoms with Gasteiger partial charge in [0.15, 0.2) is 0 Å². The molecule has 1 aromatic heterocycles. The summed E-state index contributed by atoms with van der Waals surface area (Å²) in [6.07, 6.45) is -4.59. The second-order valence-corrected chi connectivity index (χ2v) is 6.47. The van der Waals surface area contributed by atoms with Crippen molar-refractivity contribution < 1.29 is 25.5 Å². The van der Waals surface area contributed by atoms with Crippen molar-refractivity contribution in [3.05, 3.63) is 17.5 Å². The topological polar surface area (TPSA) is 63.2 Å². The van der Waals surface area contributed by atoms with Crippen LogP contribution in [-0.4, -0.2) is 36.7 Å². The molecule has 1 saturated heterocycles. The summed E-state index contributed by atoms with van der Waals surface area (Å²) in [5.41, 5.74) is -0.891. The molecule has 0 saturated carbocycles. The molecule has 0 bridgehead atoms. The molecule has 0 aromatic carbocycles. The average molecular weight is 327 g/mol. The van der Waals surface area contributed by atoms with Gasteiger partial charge in [-0.1, -0.05) is 0 Å². The Balaban J connectivity index is 2.19. The van der Waals surface area contributed by atoms with E-state index in [1.54, 1.807) is 0 Å². The summed E-state index contributed by atoms with van der Waals surface area (Å²) in [4.78, 5) is 8.83. The monoisotopic (exact) mass is 327 g/mol. The summed E-state index contributed by atoms with van der Waals surface area (Å²) in [5.74, 6) is -0.114. The minimum atomic E-state index is -4.62. The molecule has 0 spiro atoms. The van der Waals surface area contributed by atoms with Gasteiger partial charge in [0.2, 0.25) is 5.95 Å². The van der Waals surface area contributed by atoms with Gasteiger partial charge in [-0.05, 0) is 25.8 Å². The van der Waals surface area contributed by atoms with Crippen LogP contribution in [0.1, 0.15) is 24.2 Å². The number of alkyl halides is 3. The zero-order valence-electron chi connectivity index (χ0n) is 11.1. The zero-order valence-corrected chi connectivity index (χ0v) is 11.9. The lowest BCUT2D eigenvalue weighted by atomic mass is 10.1. The maximum atomic E-state index is 12.9. The van der Waals surface area contributed by atoms with Gasteiger partial charge in [0.25, 0.3) is 0 Å². The Morgan fingerprint density at radius 1 is 1.24 bits per heavy atom. The van der Waals surface area contributed by atoms with Crippen LogP contribution in [0, 0.1) is 6.92 Å². The predicted molar refractivity (Wildman–Crippen MR) is 67.0 cm³/mol. The minimum Gasteiger partial charge on any atom is -0.341 e. The van der Waals surface area contributed by atoms with Crippen molar-refractivity contribution in [3.63, 3.8) is 0 Å². The van der Waals surface area contributed by atoms with E-state index in [-0.39, 0.29) is 37.6 Å². The Bertz CT molecular complexity index is 625. The average Bonchev–Trinajstić information content (AvgIpc) is 2.36. The number of rotatable bonds is 2. The molecule has 1 fully saturated rings. The number of halogens is 4. The van der Waals surface area contributed by atoms with Crippen LogP contribution in [0.2, 0.25) is 0 Å². The first-order chi connectivity index (χ1) is 9.57. The quantitative estimate of drug-likeness (QED) is 0.615. The molecule has 10 heteroatoms. The Hall–Kier alpha value is -1.45. The zero-order chi connectivity index (χ0) is 15.8. The number of aryl methyl sites for hydroxylation is 1. The molecular formula is C11H13F4N3O2S. The second kappa shape index (κ2) is 5.39. The van der Waals surface area contributed by atoms with Crippen molar-refractivity contribution >= 4 is 16.2 Å². The van der Waals surface area contributed by atoms with E-state index < -0.39 is 27.3 Å². The Morgan fingerprint density at radius 3 is 2.29 bits per heavy atom. The molecule has 0 atom stereocenters. The van der Waals surface area contributed by atoms with E-state index >= 15 is 0 Å². The van der Waals surface area contributed by atoms with E-state index in [1.807, 2.05) is 0 Å². The van der Waals surface area contributed by atoms with Gasteiger partial charge in [0.1, 0.15) is 5.69 Å². The highest BCUT2D eigenvalue weighted by Crippen LogP contribution is 2.30. The van der Waals surface area contributed by atoms with Crippen LogP contribution in [0.4, 0.5) is 23.0 Å². The van der Waals surface area contributed by atoms with Crippen LogP contribution < -0.4 is 4.90 Å². The third-order valence-corrected chi connectivity index (χ3v) is 4.52. The van der Waals surface area contributed by atoms with Gasteiger partial charge in [0, 0.05) is 18.8 Å². The van der Waals surface area contributed by atoms with Crippen molar-refractivity contribution in [2.24, 2.45) is 0 Å². The lowest BCUT2D eigenvalue weighted by Crippen LogP contribution is -2.39. The van der Waals surface area contributed by atoms with Gasteiger partial charge in [-0.15, -0.1) is 3.89 Å². The number of anilines is 1. The molecule has 0 radical (unpaired) electrons. The molecule has 118 valence electrons. The number of nitrogens with zero attached hydrogens (tertiary/aromatic N) is 3. The number of aromatic nitrogens is 2. The maximum Gasteiger partial charge on any atom is 0.433 e. The number of piperidine rings is 1. The van der Waals surface area contributed by atoms with Crippen molar-refractivity contribution in [2.75, 3.05) is 18.0 Å². The van der Waals surface area contributed by atoms with E-state index in [9.17, 15) is 25.5 Å². The van der Waals surface area contributed by atoms with Crippen LogP contribution in [0.25, 0.3) is 0 Å². The molecule has 1 aliphatic rings. The van der Waals surface area contributed by atoms with Crippen molar-refractivity contribution in [3.8, 4) is 0 Å². The molecule has 0 unspecified atom stereocenters. The van der Waals surface area contributed by atoms with Crippen LogP contribution in [-0.2, 0) is 16.4 Å². The standard InChI is InChI=1S/C11H13F4N3O2S/c1-7-6-9(11(12,13)14)17-10(16-7)18-4-2-8(3-5-18)21(15,19)20/h6,8H,2-5H2,1H3. The fraction of sp³-hybridized carbons (Fsp3) is 0.636. The highest BCUT2D eigenvalue weighted by atomic mass is 32.3. The van der Waals surface area contributed by atoms with Gasteiger partial charge in [-0.25, -0.2) is 9.97 Å². The summed E-state index contributed by atoms with van der Waals surface area (Å²) >= 11 is 0. The van der Waals surface area contributed by atoms with Crippen LogP contribution in [0.15, 0.2) is 6.07 Å². The normalized spacial score (nSPS) is 18.0. The van der Waals surface area contributed by atoms with E-state index in [0.717, 1.165) is 6.07 Å². The largest absolute Gasteiger partial charge is 0.433 e. The highest BCUT2D eigenvalue weighted by Gasteiger charge is 2.35.